The number of amides is 1. The van der Waals surface area contributed by atoms with Gasteiger partial charge >= 0.3 is 0 Å². The van der Waals surface area contributed by atoms with E-state index in [0.29, 0.717) is 22.7 Å². The maximum absolute atomic E-state index is 12.0. The molecule has 0 radical (unpaired) electrons. The summed E-state index contributed by atoms with van der Waals surface area (Å²) in [5, 5.41) is 11.9. The van der Waals surface area contributed by atoms with Gasteiger partial charge in [-0.1, -0.05) is 35.5 Å². The van der Waals surface area contributed by atoms with Crippen LogP contribution < -0.4 is 5.32 Å². The van der Waals surface area contributed by atoms with Gasteiger partial charge in [0.2, 0.25) is 11.8 Å². The Morgan fingerprint density at radius 1 is 1.14 bits per heavy atom. The summed E-state index contributed by atoms with van der Waals surface area (Å²) in [4.78, 5) is 19.8. The van der Waals surface area contributed by atoms with Gasteiger partial charge in [-0.3, -0.25) is 4.79 Å². The Labute approximate surface area is 176 Å². The van der Waals surface area contributed by atoms with Crippen molar-refractivity contribution < 1.29 is 9.21 Å². The second-order valence-corrected chi connectivity index (χ2v) is 7.69. The number of nitrogens with one attached hydrogen (secondary N) is 2. The van der Waals surface area contributed by atoms with Crippen LogP contribution in [0.1, 0.15) is 12.2 Å². The van der Waals surface area contributed by atoms with Gasteiger partial charge in [-0.2, -0.15) is 0 Å². The van der Waals surface area contributed by atoms with E-state index in [9.17, 15) is 4.79 Å². The Balaban J connectivity index is 1.19. The number of fused-ring (bicyclic) bond motifs is 1. The third kappa shape index (κ3) is 5.16. The van der Waals surface area contributed by atoms with E-state index in [-0.39, 0.29) is 11.7 Å². The second-order valence-electron chi connectivity index (χ2n) is 6.32. The number of para-hydroxylation sites is 2. The van der Waals surface area contributed by atoms with E-state index in [2.05, 4.69) is 25.5 Å². The van der Waals surface area contributed by atoms with Crippen LogP contribution in [0.3, 0.4) is 0 Å². The molecule has 0 saturated carbocycles. The monoisotopic (exact) mass is 427 g/mol. The number of halogens is 1. The molecule has 0 fully saturated rings. The van der Waals surface area contributed by atoms with Gasteiger partial charge in [0.25, 0.3) is 5.22 Å². The van der Waals surface area contributed by atoms with Gasteiger partial charge in [0.1, 0.15) is 5.82 Å². The van der Waals surface area contributed by atoms with Crippen molar-refractivity contribution in [3.8, 4) is 11.5 Å². The largest absolute Gasteiger partial charge is 0.411 e. The number of carbonyl (C=O) groups excluding carboxylic acids is 1. The summed E-state index contributed by atoms with van der Waals surface area (Å²) < 4.78 is 5.58. The number of hydrogen-bond acceptors (Lipinski definition) is 6. The Kier molecular flexibility index (Phi) is 6.12. The molecule has 4 aromatic rings. The summed E-state index contributed by atoms with van der Waals surface area (Å²) in [6.45, 7) is 0.580. The zero-order valence-electron chi connectivity index (χ0n) is 15.4. The van der Waals surface area contributed by atoms with Gasteiger partial charge in [0.15, 0.2) is 0 Å². The lowest BCUT2D eigenvalue weighted by Crippen LogP contribution is -2.26. The predicted octanol–water partition coefficient (Wildman–Crippen LogP) is 4.11. The number of rotatable bonds is 8. The maximum Gasteiger partial charge on any atom is 0.277 e. The number of hydrogen-bond donors (Lipinski definition) is 2. The molecule has 0 unspecified atom stereocenters. The van der Waals surface area contributed by atoms with Crippen molar-refractivity contribution in [1.82, 2.24) is 25.5 Å². The maximum atomic E-state index is 12.0. The number of imidazole rings is 1. The second kappa shape index (κ2) is 9.11. The molecular formula is C20H18ClN5O2S. The Morgan fingerprint density at radius 3 is 2.79 bits per heavy atom. The van der Waals surface area contributed by atoms with Gasteiger partial charge < -0.3 is 14.7 Å². The highest BCUT2D eigenvalue weighted by molar-refractivity contribution is 7.99. The van der Waals surface area contributed by atoms with Crippen LogP contribution in [-0.2, 0) is 11.2 Å². The minimum Gasteiger partial charge on any atom is -0.411 e. The highest BCUT2D eigenvalue weighted by atomic mass is 35.5. The van der Waals surface area contributed by atoms with Crippen LogP contribution in [0.2, 0.25) is 5.02 Å². The zero-order chi connectivity index (χ0) is 20.1. The molecule has 148 valence electrons. The normalized spacial score (nSPS) is 11.1. The molecule has 2 heterocycles. The van der Waals surface area contributed by atoms with Crippen molar-refractivity contribution in [3.05, 3.63) is 59.4 Å². The summed E-state index contributed by atoms with van der Waals surface area (Å²) >= 11 is 7.08. The molecule has 0 spiro atoms. The summed E-state index contributed by atoms with van der Waals surface area (Å²) in [5.74, 6) is 1.46. The Morgan fingerprint density at radius 2 is 1.97 bits per heavy atom. The van der Waals surface area contributed by atoms with Crippen molar-refractivity contribution in [2.45, 2.75) is 18.1 Å². The number of carbonyl (C=O) groups is 1. The van der Waals surface area contributed by atoms with Gasteiger partial charge in [0, 0.05) is 23.6 Å². The SMILES string of the molecule is O=C(CSc1nnc(-c2ccc(Cl)cc2)o1)NCCCc1nc2ccccc2[nH]1. The van der Waals surface area contributed by atoms with Crippen molar-refractivity contribution in [2.75, 3.05) is 12.3 Å². The fraction of sp³-hybridized carbons (Fsp3) is 0.200. The van der Waals surface area contributed by atoms with Crippen molar-refractivity contribution in [1.29, 1.82) is 0 Å². The van der Waals surface area contributed by atoms with Gasteiger partial charge in [-0.05, 0) is 42.8 Å². The lowest BCUT2D eigenvalue weighted by Gasteiger charge is -2.02. The Hall–Kier alpha value is -2.84. The molecule has 7 nitrogen and oxygen atoms in total. The molecule has 0 aliphatic heterocycles. The molecule has 4 rings (SSSR count). The first-order valence-corrected chi connectivity index (χ1v) is 10.5. The molecule has 0 saturated heterocycles. The summed E-state index contributed by atoms with van der Waals surface area (Å²) in [7, 11) is 0. The first-order valence-electron chi connectivity index (χ1n) is 9.10. The molecule has 29 heavy (non-hydrogen) atoms. The molecule has 2 aromatic carbocycles. The van der Waals surface area contributed by atoms with Crippen molar-refractivity contribution in [2.24, 2.45) is 0 Å². The number of nitrogens with zero attached hydrogens (tertiary/aromatic N) is 3. The fourth-order valence-electron chi connectivity index (χ4n) is 2.76. The van der Waals surface area contributed by atoms with Crippen molar-refractivity contribution in [3.63, 3.8) is 0 Å². The molecule has 0 bridgehead atoms. The highest BCUT2D eigenvalue weighted by Gasteiger charge is 2.11. The molecule has 0 atom stereocenters. The van der Waals surface area contributed by atoms with Crippen LogP contribution in [0.4, 0.5) is 0 Å². The smallest absolute Gasteiger partial charge is 0.277 e. The summed E-state index contributed by atoms with van der Waals surface area (Å²) in [5.41, 5.74) is 2.77. The summed E-state index contributed by atoms with van der Waals surface area (Å²) in [6.07, 6.45) is 1.58. The first kappa shape index (κ1) is 19.5. The van der Waals surface area contributed by atoms with Gasteiger partial charge in [-0.25, -0.2) is 4.98 Å². The molecule has 0 aliphatic carbocycles. The third-order valence-electron chi connectivity index (χ3n) is 4.18. The van der Waals surface area contributed by atoms with E-state index >= 15 is 0 Å². The van der Waals surface area contributed by atoms with E-state index in [1.165, 1.54) is 11.8 Å². The first-order chi connectivity index (χ1) is 14.2. The molecule has 9 heteroatoms. The van der Waals surface area contributed by atoms with Crippen LogP contribution in [0.15, 0.2) is 58.2 Å². The van der Waals surface area contributed by atoms with Crippen LogP contribution in [0, 0.1) is 0 Å². The molecule has 2 aromatic heterocycles. The van der Waals surface area contributed by atoms with Gasteiger partial charge in [0.05, 0.1) is 16.8 Å². The van der Waals surface area contributed by atoms with Gasteiger partial charge in [-0.15, -0.1) is 10.2 Å². The number of aryl methyl sites for hydroxylation is 1. The summed E-state index contributed by atoms with van der Waals surface area (Å²) in [6, 6.07) is 15.0. The van der Waals surface area contributed by atoms with E-state index in [0.717, 1.165) is 35.3 Å². The molecule has 2 N–H and O–H groups in total. The van der Waals surface area contributed by atoms with Crippen LogP contribution >= 0.6 is 23.4 Å². The predicted molar refractivity (Wildman–Crippen MR) is 113 cm³/mol. The van der Waals surface area contributed by atoms with E-state index in [4.69, 9.17) is 16.0 Å². The van der Waals surface area contributed by atoms with E-state index < -0.39 is 0 Å². The van der Waals surface area contributed by atoms with Crippen LogP contribution in [-0.4, -0.2) is 38.4 Å². The minimum absolute atomic E-state index is 0.0779. The third-order valence-corrected chi connectivity index (χ3v) is 5.25. The lowest BCUT2D eigenvalue weighted by atomic mass is 10.2. The highest BCUT2D eigenvalue weighted by Crippen LogP contribution is 2.24. The number of thioether (sulfide) groups is 1. The quantitative estimate of drug-likeness (QED) is 0.324. The Bertz CT molecular complexity index is 1080. The number of benzene rings is 2. The number of aromatic amines is 1. The van der Waals surface area contributed by atoms with E-state index in [1.807, 2.05) is 24.3 Å². The number of H-pyrrole nitrogens is 1. The fourth-order valence-corrected chi connectivity index (χ4v) is 3.48. The van der Waals surface area contributed by atoms with Crippen LogP contribution in [0.5, 0.6) is 0 Å². The van der Waals surface area contributed by atoms with Crippen LogP contribution in [0.25, 0.3) is 22.5 Å². The average molecular weight is 428 g/mol. The molecular weight excluding hydrogens is 410 g/mol. The number of aromatic nitrogens is 4. The standard InChI is InChI=1S/C20H18ClN5O2S/c21-14-9-7-13(8-10-14)19-25-26-20(28-19)29-12-18(27)22-11-3-6-17-23-15-4-1-2-5-16(15)24-17/h1-2,4-5,7-10H,3,6,11-12H2,(H,22,27)(H,23,24). The molecule has 0 aliphatic rings. The minimum atomic E-state index is -0.0779. The average Bonchev–Trinajstić information content (AvgIpc) is 3.37. The lowest BCUT2D eigenvalue weighted by molar-refractivity contribution is -0.118. The van der Waals surface area contributed by atoms with E-state index in [1.54, 1.807) is 24.3 Å². The molecule has 1 amide bonds. The topological polar surface area (TPSA) is 96.7 Å². The zero-order valence-corrected chi connectivity index (χ0v) is 17.0. The van der Waals surface area contributed by atoms with Crippen molar-refractivity contribution >= 4 is 40.3 Å².